The number of thioether (sulfide) groups is 1. The highest BCUT2D eigenvalue weighted by Gasteiger charge is 2.13. The number of benzene rings is 1. The number of imidazole rings is 1. The zero-order valence-electron chi connectivity index (χ0n) is 10.1. The summed E-state index contributed by atoms with van der Waals surface area (Å²) in [6.45, 7) is 0. The van der Waals surface area contributed by atoms with Gasteiger partial charge in [0, 0.05) is 25.2 Å². The van der Waals surface area contributed by atoms with Gasteiger partial charge in [0.15, 0.2) is 0 Å². The highest BCUT2D eigenvalue weighted by molar-refractivity contribution is 8.14. The van der Waals surface area contributed by atoms with E-state index >= 15 is 0 Å². The molecule has 1 N–H and O–H groups in total. The van der Waals surface area contributed by atoms with Crippen LogP contribution in [0.2, 0.25) is 0 Å². The van der Waals surface area contributed by atoms with E-state index in [0.29, 0.717) is 0 Å². The van der Waals surface area contributed by atoms with E-state index in [9.17, 15) is 0 Å². The van der Waals surface area contributed by atoms with Gasteiger partial charge in [-0.05, 0) is 23.8 Å². The van der Waals surface area contributed by atoms with Crippen molar-refractivity contribution in [2.75, 3.05) is 5.75 Å². The SMILES string of the molecule is c1ccc2c(c1)CC(SCCCc1ncc[nH]1)=N2. The lowest BCUT2D eigenvalue weighted by Gasteiger charge is -1.99. The second kappa shape index (κ2) is 5.40. The summed E-state index contributed by atoms with van der Waals surface area (Å²) in [6, 6.07) is 8.38. The number of aromatic amines is 1. The van der Waals surface area contributed by atoms with Crippen LogP contribution in [0.3, 0.4) is 0 Å². The van der Waals surface area contributed by atoms with Crippen molar-refractivity contribution in [3.05, 3.63) is 48.0 Å². The number of hydrogen-bond acceptors (Lipinski definition) is 3. The molecule has 0 spiro atoms. The van der Waals surface area contributed by atoms with Gasteiger partial charge < -0.3 is 4.98 Å². The fourth-order valence-corrected chi connectivity index (χ4v) is 3.00. The molecule has 0 saturated carbocycles. The van der Waals surface area contributed by atoms with Crippen LogP contribution in [0.25, 0.3) is 0 Å². The Bertz CT molecular complexity index is 546. The van der Waals surface area contributed by atoms with Crippen LogP contribution >= 0.6 is 11.8 Å². The first-order chi connectivity index (χ1) is 8.92. The minimum atomic E-state index is 1.00. The van der Waals surface area contributed by atoms with Crippen molar-refractivity contribution in [2.45, 2.75) is 19.3 Å². The van der Waals surface area contributed by atoms with Gasteiger partial charge in [0.05, 0.1) is 10.7 Å². The van der Waals surface area contributed by atoms with Crippen LogP contribution in [0.1, 0.15) is 17.8 Å². The number of rotatable bonds is 4. The van der Waals surface area contributed by atoms with E-state index in [1.165, 1.54) is 10.6 Å². The molecule has 0 bridgehead atoms. The third kappa shape index (κ3) is 2.64. The summed E-state index contributed by atoms with van der Waals surface area (Å²) in [7, 11) is 0. The standard InChI is InChI=1S/C14H15N3S/c1-2-5-12-11(4-1)10-14(17-12)18-9-3-6-13-15-7-8-16-13/h1-2,4-5,7-8H,3,6,9-10H2,(H,15,16). The van der Waals surface area contributed by atoms with Gasteiger partial charge in [0.1, 0.15) is 5.82 Å². The fraction of sp³-hybridized carbons (Fsp3) is 0.286. The maximum absolute atomic E-state index is 4.64. The minimum absolute atomic E-state index is 1.00. The van der Waals surface area contributed by atoms with Gasteiger partial charge in [-0.2, -0.15) is 0 Å². The smallest absolute Gasteiger partial charge is 0.106 e. The Hall–Kier alpha value is -1.55. The van der Waals surface area contributed by atoms with E-state index in [1.807, 2.05) is 24.0 Å². The predicted molar refractivity (Wildman–Crippen MR) is 76.6 cm³/mol. The lowest BCUT2D eigenvalue weighted by atomic mass is 10.2. The van der Waals surface area contributed by atoms with Crippen LogP contribution in [0.15, 0.2) is 41.7 Å². The Labute approximate surface area is 111 Å². The van der Waals surface area contributed by atoms with Crippen molar-refractivity contribution in [1.82, 2.24) is 9.97 Å². The van der Waals surface area contributed by atoms with Crippen molar-refractivity contribution in [3.63, 3.8) is 0 Å². The summed E-state index contributed by atoms with van der Waals surface area (Å²) >= 11 is 1.87. The first kappa shape index (κ1) is 11.5. The molecule has 0 radical (unpaired) electrons. The number of para-hydroxylation sites is 1. The number of aromatic nitrogens is 2. The largest absolute Gasteiger partial charge is 0.349 e. The van der Waals surface area contributed by atoms with Crippen LogP contribution in [0.4, 0.5) is 5.69 Å². The monoisotopic (exact) mass is 257 g/mol. The second-order valence-electron chi connectivity index (χ2n) is 4.30. The number of H-pyrrole nitrogens is 1. The van der Waals surface area contributed by atoms with Crippen LogP contribution in [0, 0.1) is 0 Å². The molecule has 92 valence electrons. The molecule has 4 heteroatoms. The Balaban J connectivity index is 1.46. The molecule has 3 nitrogen and oxygen atoms in total. The molecule has 2 aromatic rings. The van der Waals surface area contributed by atoms with E-state index in [-0.39, 0.29) is 0 Å². The Morgan fingerprint density at radius 2 is 2.22 bits per heavy atom. The molecule has 1 aliphatic heterocycles. The fourth-order valence-electron chi connectivity index (χ4n) is 2.05. The van der Waals surface area contributed by atoms with Gasteiger partial charge in [-0.3, -0.25) is 0 Å². The maximum Gasteiger partial charge on any atom is 0.106 e. The zero-order chi connectivity index (χ0) is 12.2. The molecule has 0 saturated heterocycles. The lowest BCUT2D eigenvalue weighted by molar-refractivity contribution is 0.866. The van der Waals surface area contributed by atoms with Gasteiger partial charge in [-0.1, -0.05) is 18.2 Å². The molecule has 0 fully saturated rings. The third-order valence-electron chi connectivity index (χ3n) is 2.96. The van der Waals surface area contributed by atoms with E-state index in [1.54, 1.807) is 6.20 Å². The molecule has 0 aliphatic carbocycles. The molecule has 2 heterocycles. The van der Waals surface area contributed by atoms with Gasteiger partial charge in [0.25, 0.3) is 0 Å². The van der Waals surface area contributed by atoms with Crippen molar-refractivity contribution in [2.24, 2.45) is 4.99 Å². The molecule has 1 aromatic heterocycles. The molecule has 18 heavy (non-hydrogen) atoms. The summed E-state index contributed by atoms with van der Waals surface area (Å²) in [5, 5.41) is 1.25. The number of nitrogens with one attached hydrogen (secondary N) is 1. The van der Waals surface area contributed by atoms with Crippen molar-refractivity contribution in [3.8, 4) is 0 Å². The molecular formula is C14H15N3S. The summed E-state index contributed by atoms with van der Waals surface area (Å²) in [5.74, 6) is 2.18. The predicted octanol–water partition coefficient (Wildman–Crippen LogP) is 3.36. The number of fused-ring (bicyclic) bond motifs is 1. The van der Waals surface area contributed by atoms with Crippen LogP contribution < -0.4 is 0 Å². The zero-order valence-corrected chi connectivity index (χ0v) is 10.9. The first-order valence-corrected chi connectivity index (χ1v) is 7.17. The van der Waals surface area contributed by atoms with Crippen molar-refractivity contribution >= 4 is 22.5 Å². The summed E-state index contributed by atoms with van der Waals surface area (Å²) < 4.78 is 0. The molecule has 1 aromatic carbocycles. The molecule has 3 rings (SSSR count). The first-order valence-electron chi connectivity index (χ1n) is 6.18. The molecular weight excluding hydrogens is 242 g/mol. The number of nitrogens with zero attached hydrogens (tertiary/aromatic N) is 2. The summed E-state index contributed by atoms with van der Waals surface area (Å²) in [4.78, 5) is 12.0. The quantitative estimate of drug-likeness (QED) is 0.853. The maximum atomic E-state index is 4.64. The third-order valence-corrected chi connectivity index (χ3v) is 4.02. The van der Waals surface area contributed by atoms with E-state index < -0.39 is 0 Å². The van der Waals surface area contributed by atoms with Crippen LogP contribution in [0.5, 0.6) is 0 Å². The number of aliphatic imine (C=N–C) groups is 1. The minimum Gasteiger partial charge on any atom is -0.349 e. The van der Waals surface area contributed by atoms with Crippen LogP contribution in [-0.4, -0.2) is 20.8 Å². The summed E-state index contributed by atoms with van der Waals surface area (Å²) in [6.07, 6.45) is 6.83. The molecule has 1 aliphatic rings. The highest BCUT2D eigenvalue weighted by atomic mass is 32.2. The van der Waals surface area contributed by atoms with Gasteiger partial charge in [-0.15, -0.1) is 11.8 Å². The van der Waals surface area contributed by atoms with Gasteiger partial charge >= 0.3 is 0 Å². The van der Waals surface area contributed by atoms with Crippen molar-refractivity contribution in [1.29, 1.82) is 0 Å². The Morgan fingerprint density at radius 1 is 1.28 bits per heavy atom. The van der Waals surface area contributed by atoms with E-state index in [4.69, 9.17) is 0 Å². The summed E-state index contributed by atoms with van der Waals surface area (Å²) in [5.41, 5.74) is 2.50. The average molecular weight is 257 g/mol. The van der Waals surface area contributed by atoms with E-state index in [0.717, 1.165) is 36.5 Å². The topological polar surface area (TPSA) is 41.0 Å². The molecule has 0 unspecified atom stereocenters. The normalized spacial score (nSPS) is 13.4. The van der Waals surface area contributed by atoms with Gasteiger partial charge in [0.2, 0.25) is 0 Å². The Kier molecular flexibility index (Phi) is 3.46. The number of hydrogen-bond donors (Lipinski definition) is 1. The van der Waals surface area contributed by atoms with E-state index in [2.05, 4.69) is 33.2 Å². The Morgan fingerprint density at radius 3 is 3.06 bits per heavy atom. The second-order valence-corrected chi connectivity index (χ2v) is 5.47. The van der Waals surface area contributed by atoms with Crippen molar-refractivity contribution < 1.29 is 0 Å². The average Bonchev–Trinajstić information content (AvgIpc) is 3.03. The molecule has 0 atom stereocenters. The highest BCUT2D eigenvalue weighted by Crippen LogP contribution is 2.29. The lowest BCUT2D eigenvalue weighted by Crippen LogP contribution is -1.96. The molecule has 0 amide bonds. The van der Waals surface area contributed by atoms with Gasteiger partial charge in [-0.25, -0.2) is 9.98 Å². The van der Waals surface area contributed by atoms with Crippen LogP contribution in [-0.2, 0) is 12.8 Å². The number of aryl methyl sites for hydroxylation is 1.